The van der Waals surface area contributed by atoms with Crippen molar-refractivity contribution in [2.75, 3.05) is 0 Å². The first-order chi connectivity index (χ1) is 9.17. The number of aliphatic hydroxyl groups is 1. The fraction of sp³-hybridized carbons (Fsp3) is 1.00. The molecule has 114 valence electrons. The summed E-state index contributed by atoms with van der Waals surface area (Å²) in [5.74, 6) is 0. The normalized spacial score (nSPS) is 37.6. The van der Waals surface area contributed by atoms with Crippen LogP contribution in [0.5, 0.6) is 0 Å². The molecule has 0 aromatic carbocycles. The number of hydrogen-bond donors (Lipinski definition) is 1. The smallest absolute Gasteiger partial charge is 0.192 e. The Labute approximate surface area is 121 Å². The van der Waals surface area contributed by atoms with Gasteiger partial charge in [-0.15, -0.1) is 0 Å². The molecule has 2 saturated heterocycles. The number of ether oxygens (including phenoxy) is 1. The SMILES string of the molecule is CC(C)(C)[Si](C)(C)O[C@H]1C(O)[C@@H](N=[N+]=[N-])C2CC[C@H]1O2. The summed E-state index contributed by atoms with van der Waals surface area (Å²) >= 11 is 0. The van der Waals surface area contributed by atoms with E-state index in [-0.39, 0.29) is 23.4 Å². The van der Waals surface area contributed by atoms with E-state index in [0.717, 1.165) is 12.8 Å². The number of azide groups is 1. The van der Waals surface area contributed by atoms with Crippen LogP contribution in [0.2, 0.25) is 18.1 Å². The minimum atomic E-state index is -2.00. The van der Waals surface area contributed by atoms with Crippen molar-refractivity contribution in [3.8, 4) is 0 Å². The van der Waals surface area contributed by atoms with Gasteiger partial charge in [0.1, 0.15) is 0 Å². The average molecular weight is 299 g/mol. The molecule has 0 aromatic heterocycles. The zero-order valence-corrected chi connectivity index (χ0v) is 13.9. The maximum atomic E-state index is 10.5. The highest BCUT2D eigenvalue weighted by Crippen LogP contribution is 2.42. The van der Waals surface area contributed by atoms with Crippen LogP contribution in [0.3, 0.4) is 0 Å². The molecule has 2 bridgehead atoms. The molecular formula is C13H25N3O3Si. The van der Waals surface area contributed by atoms with E-state index in [4.69, 9.17) is 14.7 Å². The molecule has 2 aliphatic heterocycles. The summed E-state index contributed by atoms with van der Waals surface area (Å²) in [4.78, 5) is 2.85. The van der Waals surface area contributed by atoms with Gasteiger partial charge >= 0.3 is 0 Å². The lowest BCUT2D eigenvalue weighted by Crippen LogP contribution is -2.58. The van der Waals surface area contributed by atoms with Gasteiger partial charge in [-0.05, 0) is 36.5 Å². The molecule has 0 aliphatic carbocycles. The van der Waals surface area contributed by atoms with E-state index >= 15 is 0 Å². The summed E-state index contributed by atoms with van der Waals surface area (Å²) < 4.78 is 12.2. The molecule has 2 aliphatic rings. The summed E-state index contributed by atoms with van der Waals surface area (Å²) in [7, 11) is -2.00. The minimum Gasteiger partial charge on any atom is -0.409 e. The molecular weight excluding hydrogens is 274 g/mol. The second-order valence-electron chi connectivity index (χ2n) is 7.32. The third-order valence-corrected chi connectivity index (χ3v) is 9.41. The third-order valence-electron chi connectivity index (χ3n) is 4.94. The van der Waals surface area contributed by atoms with Crippen molar-refractivity contribution in [1.29, 1.82) is 0 Å². The highest BCUT2D eigenvalue weighted by atomic mass is 28.4. The molecule has 2 heterocycles. The van der Waals surface area contributed by atoms with Crippen molar-refractivity contribution in [3.63, 3.8) is 0 Å². The Kier molecular flexibility index (Phi) is 4.19. The van der Waals surface area contributed by atoms with Crippen LogP contribution in [0, 0.1) is 0 Å². The molecule has 6 nitrogen and oxygen atoms in total. The van der Waals surface area contributed by atoms with Gasteiger partial charge in [-0.25, -0.2) is 0 Å². The first-order valence-electron chi connectivity index (χ1n) is 7.23. The Morgan fingerprint density at radius 1 is 1.30 bits per heavy atom. The predicted octanol–water partition coefficient (Wildman–Crippen LogP) is 2.98. The van der Waals surface area contributed by atoms with Gasteiger partial charge in [0.2, 0.25) is 0 Å². The highest BCUT2D eigenvalue weighted by Gasteiger charge is 2.52. The van der Waals surface area contributed by atoms with Gasteiger partial charge in [-0.2, -0.15) is 0 Å². The second-order valence-corrected chi connectivity index (χ2v) is 12.1. The van der Waals surface area contributed by atoms with Gasteiger partial charge in [0.15, 0.2) is 8.32 Å². The van der Waals surface area contributed by atoms with Gasteiger partial charge in [-0.3, -0.25) is 0 Å². The second kappa shape index (κ2) is 5.31. The third kappa shape index (κ3) is 2.73. The van der Waals surface area contributed by atoms with E-state index in [1.54, 1.807) is 0 Å². The van der Waals surface area contributed by atoms with E-state index in [2.05, 4.69) is 43.9 Å². The van der Waals surface area contributed by atoms with Gasteiger partial charge < -0.3 is 14.3 Å². The molecule has 5 atom stereocenters. The Balaban J connectivity index is 2.20. The lowest BCUT2D eigenvalue weighted by molar-refractivity contribution is -0.140. The molecule has 1 N–H and O–H groups in total. The first kappa shape index (κ1) is 15.8. The molecule has 0 spiro atoms. The zero-order valence-electron chi connectivity index (χ0n) is 12.9. The molecule has 20 heavy (non-hydrogen) atoms. The van der Waals surface area contributed by atoms with Crippen molar-refractivity contribution in [2.24, 2.45) is 5.11 Å². The molecule has 0 aromatic rings. The van der Waals surface area contributed by atoms with Crippen molar-refractivity contribution < 1.29 is 14.3 Å². The largest absolute Gasteiger partial charge is 0.409 e. The number of nitrogens with zero attached hydrogens (tertiary/aromatic N) is 3. The Morgan fingerprint density at radius 2 is 1.90 bits per heavy atom. The van der Waals surface area contributed by atoms with Crippen molar-refractivity contribution in [2.45, 2.75) is 82.2 Å². The monoisotopic (exact) mass is 299 g/mol. The molecule has 0 radical (unpaired) electrons. The van der Waals surface area contributed by atoms with E-state index in [1.165, 1.54) is 0 Å². The topological polar surface area (TPSA) is 87.5 Å². The van der Waals surface area contributed by atoms with E-state index in [1.807, 2.05) is 0 Å². The molecule has 7 heteroatoms. The van der Waals surface area contributed by atoms with Gasteiger partial charge in [0, 0.05) is 4.91 Å². The van der Waals surface area contributed by atoms with Crippen molar-refractivity contribution in [3.05, 3.63) is 10.4 Å². The van der Waals surface area contributed by atoms with Crippen LogP contribution in [0.15, 0.2) is 5.11 Å². The van der Waals surface area contributed by atoms with Crippen LogP contribution in [-0.2, 0) is 9.16 Å². The fourth-order valence-electron chi connectivity index (χ4n) is 2.68. The molecule has 0 amide bonds. The quantitative estimate of drug-likeness (QED) is 0.376. The number of hydrogen-bond acceptors (Lipinski definition) is 4. The zero-order chi connectivity index (χ0) is 15.1. The van der Waals surface area contributed by atoms with Gasteiger partial charge in [0.25, 0.3) is 0 Å². The minimum absolute atomic E-state index is 0.0656. The number of rotatable bonds is 3. The standard InChI is InChI=1S/C13H25N3O3Si/c1-13(2,3)20(4,5)19-12-9-7-6-8(18-9)10(11(12)17)15-16-14/h8-12,17H,6-7H2,1-5H3/t8?,9-,10+,11?,12-/m1/s1. The van der Waals surface area contributed by atoms with Crippen LogP contribution in [-0.4, -0.2) is 43.9 Å². The van der Waals surface area contributed by atoms with Crippen LogP contribution in [0.4, 0.5) is 0 Å². The van der Waals surface area contributed by atoms with E-state index < -0.39 is 20.5 Å². The maximum absolute atomic E-state index is 10.5. The lowest BCUT2D eigenvalue weighted by atomic mass is 9.99. The molecule has 2 unspecified atom stereocenters. The Bertz CT molecular complexity index is 418. The first-order valence-corrected chi connectivity index (χ1v) is 10.1. The Morgan fingerprint density at radius 3 is 2.45 bits per heavy atom. The number of aliphatic hydroxyl groups excluding tert-OH is 1. The van der Waals surface area contributed by atoms with Crippen molar-refractivity contribution in [1.82, 2.24) is 0 Å². The van der Waals surface area contributed by atoms with E-state index in [0.29, 0.717) is 0 Å². The van der Waals surface area contributed by atoms with Gasteiger partial charge in [-0.1, -0.05) is 25.9 Å². The van der Waals surface area contributed by atoms with Crippen LogP contribution >= 0.6 is 0 Å². The maximum Gasteiger partial charge on any atom is 0.192 e. The average Bonchev–Trinajstić information content (AvgIpc) is 2.75. The van der Waals surface area contributed by atoms with Crippen LogP contribution < -0.4 is 0 Å². The fourth-order valence-corrected chi connectivity index (χ4v) is 4.01. The molecule has 2 fully saturated rings. The molecule has 2 rings (SSSR count). The van der Waals surface area contributed by atoms with E-state index in [9.17, 15) is 5.11 Å². The van der Waals surface area contributed by atoms with Crippen LogP contribution in [0.1, 0.15) is 33.6 Å². The highest BCUT2D eigenvalue weighted by molar-refractivity contribution is 6.74. The summed E-state index contributed by atoms with van der Waals surface area (Å²) in [5.41, 5.74) is 8.67. The van der Waals surface area contributed by atoms with Crippen molar-refractivity contribution >= 4 is 8.32 Å². The predicted molar refractivity (Wildman–Crippen MR) is 78.9 cm³/mol. The van der Waals surface area contributed by atoms with Crippen LogP contribution in [0.25, 0.3) is 10.4 Å². The Hall–Kier alpha value is -0.593. The summed E-state index contributed by atoms with van der Waals surface area (Å²) in [6.07, 6.45) is 0.289. The summed E-state index contributed by atoms with van der Waals surface area (Å²) in [6.45, 7) is 10.8. The molecule has 0 saturated carbocycles. The van der Waals surface area contributed by atoms with Gasteiger partial charge in [0.05, 0.1) is 30.5 Å². The lowest BCUT2D eigenvalue weighted by Gasteiger charge is -2.45. The number of fused-ring (bicyclic) bond motifs is 2. The summed E-state index contributed by atoms with van der Waals surface area (Å²) in [5, 5.41) is 14.3. The summed E-state index contributed by atoms with van der Waals surface area (Å²) in [6, 6.07) is -0.534.